The summed E-state index contributed by atoms with van der Waals surface area (Å²) in [5.74, 6) is 1.04. The second kappa shape index (κ2) is 9.72. The number of benzene rings is 2. The SMILES string of the molecule is COc1ccc(CCNC(=O)Cc2c(C)c3c(cc(C)c4c(C(C)(C)C)coc43)oc2=O)cc1OC. The van der Waals surface area contributed by atoms with Gasteiger partial charge in [-0.15, -0.1) is 0 Å². The zero-order valence-corrected chi connectivity index (χ0v) is 22.0. The number of ether oxygens (including phenoxy) is 2. The number of fused-ring (bicyclic) bond motifs is 3. The second-order valence-corrected chi connectivity index (χ2v) is 10.1. The van der Waals surface area contributed by atoms with Gasteiger partial charge in [-0.2, -0.15) is 0 Å². The number of hydrogen-bond donors (Lipinski definition) is 1. The highest BCUT2D eigenvalue weighted by Gasteiger charge is 2.25. The average Bonchev–Trinajstić information content (AvgIpc) is 3.28. The van der Waals surface area contributed by atoms with Crippen LogP contribution in [-0.2, 0) is 23.1 Å². The molecule has 4 aromatic rings. The summed E-state index contributed by atoms with van der Waals surface area (Å²) < 4.78 is 22.3. The Hall–Kier alpha value is -3.74. The summed E-state index contributed by atoms with van der Waals surface area (Å²) in [6.07, 6.45) is 2.32. The normalized spacial score (nSPS) is 11.8. The van der Waals surface area contributed by atoms with Gasteiger partial charge in [0.1, 0.15) is 11.2 Å². The average molecular weight is 492 g/mol. The minimum absolute atomic E-state index is 0.0712. The van der Waals surface area contributed by atoms with Crippen molar-refractivity contribution in [1.82, 2.24) is 5.32 Å². The van der Waals surface area contributed by atoms with Gasteiger partial charge in [0, 0.05) is 17.5 Å². The Kier molecular flexibility index (Phi) is 6.85. The number of rotatable bonds is 7. The van der Waals surface area contributed by atoms with Crippen molar-refractivity contribution in [1.29, 1.82) is 0 Å². The van der Waals surface area contributed by atoms with Gasteiger partial charge in [-0.3, -0.25) is 4.79 Å². The zero-order chi connectivity index (χ0) is 26.2. The zero-order valence-electron chi connectivity index (χ0n) is 22.0. The third-order valence-electron chi connectivity index (χ3n) is 6.61. The lowest BCUT2D eigenvalue weighted by atomic mass is 9.85. The number of aryl methyl sites for hydroxylation is 2. The summed E-state index contributed by atoms with van der Waals surface area (Å²) in [7, 11) is 3.17. The van der Waals surface area contributed by atoms with Crippen LogP contribution < -0.4 is 20.4 Å². The Morgan fingerprint density at radius 1 is 1.03 bits per heavy atom. The van der Waals surface area contributed by atoms with Gasteiger partial charge in [-0.25, -0.2) is 4.79 Å². The van der Waals surface area contributed by atoms with E-state index in [2.05, 4.69) is 26.1 Å². The fraction of sp³-hybridized carbons (Fsp3) is 0.379. The molecule has 7 heteroatoms. The first kappa shape index (κ1) is 25.4. The van der Waals surface area contributed by atoms with Crippen LogP contribution in [0.15, 0.2) is 44.2 Å². The van der Waals surface area contributed by atoms with Gasteiger partial charge in [0.2, 0.25) is 5.91 Å². The Balaban J connectivity index is 1.58. The first-order chi connectivity index (χ1) is 17.0. The highest BCUT2D eigenvalue weighted by Crippen LogP contribution is 2.39. The van der Waals surface area contributed by atoms with E-state index in [-0.39, 0.29) is 17.7 Å². The first-order valence-corrected chi connectivity index (χ1v) is 12.0. The van der Waals surface area contributed by atoms with Crippen LogP contribution in [-0.4, -0.2) is 26.7 Å². The molecule has 2 aromatic carbocycles. The fourth-order valence-corrected chi connectivity index (χ4v) is 4.65. The van der Waals surface area contributed by atoms with Crippen molar-refractivity contribution in [2.75, 3.05) is 20.8 Å². The van der Waals surface area contributed by atoms with Gasteiger partial charge >= 0.3 is 5.63 Å². The van der Waals surface area contributed by atoms with E-state index in [0.717, 1.165) is 27.5 Å². The lowest BCUT2D eigenvalue weighted by molar-refractivity contribution is -0.120. The minimum Gasteiger partial charge on any atom is -0.493 e. The Morgan fingerprint density at radius 3 is 2.42 bits per heavy atom. The van der Waals surface area contributed by atoms with Crippen LogP contribution in [0.1, 0.15) is 48.6 Å². The summed E-state index contributed by atoms with van der Waals surface area (Å²) in [4.78, 5) is 25.6. The van der Waals surface area contributed by atoms with Gasteiger partial charge in [0.15, 0.2) is 11.5 Å². The summed E-state index contributed by atoms with van der Waals surface area (Å²) >= 11 is 0. The van der Waals surface area contributed by atoms with Crippen LogP contribution in [0.25, 0.3) is 21.9 Å². The third-order valence-corrected chi connectivity index (χ3v) is 6.61. The van der Waals surface area contributed by atoms with Crippen molar-refractivity contribution in [3.63, 3.8) is 0 Å². The lowest BCUT2D eigenvalue weighted by Crippen LogP contribution is -2.29. The number of furan rings is 1. The highest BCUT2D eigenvalue weighted by molar-refractivity contribution is 6.07. The summed E-state index contributed by atoms with van der Waals surface area (Å²) in [5.41, 5.74) is 4.67. The molecule has 0 saturated heterocycles. The van der Waals surface area contributed by atoms with E-state index in [1.165, 1.54) is 0 Å². The van der Waals surface area contributed by atoms with Gasteiger partial charge < -0.3 is 23.6 Å². The van der Waals surface area contributed by atoms with Crippen molar-refractivity contribution in [3.8, 4) is 11.5 Å². The molecule has 2 aromatic heterocycles. The first-order valence-electron chi connectivity index (χ1n) is 12.0. The number of amides is 1. The molecule has 2 heterocycles. The topological polar surface area (TPSA) is 90.9 Å². The Morgan fingerprint density at radius 2 is 1.75 bits per heavy atom. The predicted molar refractivity (Wildman–Crippen MR) is 140 cm³/mol. The van der Waals surface area contributed by atoms with E-state index < -0.39 is 5.63 Å². The van der Waals surface area contributed by atoms with Crippen LogP contribution in [0.3, 0.4) is 0 Å². The quantitative estimate of drug-likeness (QED) is 0.350. The smallest absolute Gasteiger partial charge is 0.340 e. The number of hydrogen-bond acceptors (Lipinski definition) is 6. The summed E-state index contributed by atoms with van der Waals surface area (Å²) in [5, 5.41) is 4.66. The minimum atomic E-state index is -0.503. The standard InChI is InChI=1S/C29H33NO6/c1-16-12-23-26(27-25(16)20(15-35-27)29(3,4)5)17(2)19(28(32)36-23)14-24(31)30-11-10-18-8-9-21(33-6)22(13-18)34-7/h8-9,12-13,15H,10-11,14H2,1-7H3,(H,30,31). The number of nitrogens with one attached hydrogen (secondary N) is 1. The van der Waals surface area contributed by atoms with Gasteiger partial charge in [-0.05, 0) is 60.6 Å². The molecule has 0 aliphatic heterocycles. The Bertz CT molecular complexity index is 1500. The molecule has 0 unspecified atom stereocenters. The molecule has 190 valence electrons. The van der Waals surface area contributed by atoms with Crippen molar-refractivity contribution < 1.29 is 23.1 Å². The van der Waals surface area contributed by atoms with Gasteiger partial charge in [-0.1, -0.05) is 26.8 Å². The second-order valence-electron chi connectivity index (χ2n) is 10.1. The van der Waals surface area contributed by atoms with Crippen molar-refractivity contribution in [2.24, 2.45) is 0 Å². The van der Waals surface area contributed by atoms with Crippen LogP contribution in [0, 0.1) is 13.8 Å². The van der Waals surface area contributed by atoms with Crippen LogP contribution >= 0.6 is 0 Å². The van der Waals surface area contributed by atoms with E-state index >= 15 is 0 Å². The molecule has 1 amide bonds. The predicted octanol–water partition coefficient (Wildman–Crippen LogP) is 5.37. The molecule has 0 bridgehead atoms. The van der Waals surface area contributed by atoms with E-state index in [1.54, 1.807) is 20.5 Å². The summed E-state index contributed by atoms with van der Waals surface area (Å²) in [6.45, 7) is 10.7. The molecule has 0 radical (unpaired) electrons. The number of methoxy groups -OCH3 is 2. The van der Waals surface area contributed by atoms with E-state index in [1.807, 2.05) is 38.1 Å². The molecule has 0 aliphatic carbocycles. The molecule has 0 fully saturated rings. The van der Waals surface area contributed by atoms with Crippen molar-refractivity contribution in [3.05, 3.63) is 68.8 Å². The van der Waals surface area contributed by atoms with Crippen molar-refractivity contribution >= 4 is 27.8 Å². The third kappa shape index (κ3) is 4.70. The Labute approximate surface area is 210 Å². The van der Waals surface area contributed by atoms with Crippen LogP contribution in [0.2, 0.25) is 0 Å². The fourth-order valence-electron chi connectivity index (χ4n) is 4.65. The maximum absolute atomic E-state index is 12.8. The highest BCUT2D eigenvalue weighted by atomic mass is 16.5. The number of carbonyl (C=O) groups excluding carboxylic acids is 1. The lowest BCUT2D eigenvalue weighted by Gasteiger charge is -2.17. The summed E-state index contributed by atoms with van der Waals surface area (Å²) in [6, 6.07) is 7.53. The molecule has 36 heavy (non-hydrogen) atoms. The van der Waals surface area contributed by atoms with Crippen LogP contribution in [0.5, 0.6) is 11.5 Å². The molecule has 4 rings (SSSR count). The largest absolute Gasteiger partial charge is 0.493 e. The molecular weight excluding hydrogens is 458 g/mol. The molecule has 7 nitrogen and oxygen atoms in total. The maximum Gasteiger partial charge on any atom is 0.340 e. The van der Waals surface area contributed by atoms with Gasteiger partial charge in [0.05, 0.1) is 37.9 Å². The maximum atomic E-state index is 12.8. The molecule has 0 aliphatic rings. The van der Waals surface area contributed by atoms with E-state index in [0.29, 0.717) is 46.8 Å². The van der Waals surface area contributed by atoms with E-state index in [9.17, 15) is 9.59 Å². The monoisotopic (exact) mass is 491 g/mol. The van der Waals surface area contributed by atoms with E-state index in [4.69, 9.17) is 18.3 Å². The molecule has 0 atom stereocenters. The van der Waals surface area contributed by atoms with Gasteiger partial charge in [0.25, 0.3) is 0 Å². The molecule has 0 spiro atoms. The van der Waals surface area contributed by atoms with Crippen molar-refractivity contribution in [2.45, 2.75) is 52.9 Å². The van der Waals surface area contributed by atoms with Crippen LogP contribution in [0.4, 0.5) is 0 Å². The molecular formula is C29H33NO6. The number of carbonyl (C=O) groups is 1. The molecule has 0 saturated carbocycles. The molecule has 1 N–H and O–H groups in total.